The number of halogens is 1. The van der Waals surface area contributed by atoms with Gasteiger partial charge in [-0.1, -0.05) is 36.0 Å². The van der Waals surface area contributed by atoms with Gasteiger partial charge >= 0.3 is 0 Å². The number of nitrogens with one attached hydrogen (secondary N) is 1. The number of rotatable bonds is 6. The first-order valence-electron chi connectivity index (χ1n) is 8.82. The van der Waals surface area contributed by atoms with Crippen molar-refractivity contribution >= 4 is 23.4 Å². The van der Waals surface area contributed by atoms with Gasteiger partial charge in [0, 0.05) is 12.1 Å². The fourth-order valence-electron chi connectivity index (χ4n) is 2.61. The van der Waals surface area contributed by atoms with Gasteiger partial charge in [0.05, 0.1) is 5.25 Å². The highest BCUT2D eigenvalue weighted by Crippen LogP contribution is 2.24. The number of aryl methyl sites for hydroxylation is 2. The van der Waals surface area contributed by atoms with Crippen LogP contribution in [0.5, 0.6) is 0 Å². The quantitative estimate of drug-likeness (QED) is 0.490. The fraction of sp³-hybridized carbons (Fsp3) is 0.250. The maximum Gasteiger partial charge on any atom is 0.237 e. The highest BCUT2D eigenvalue weighted by molar-refractivity contribution is 8.00. The number of hydrogen-bond donors (Lipinski definition) is 2. The molecule has 0 saturated heterocycles. The smallest absolute Gasteiger partial charge is 0.237 e. The van der Waals surface area contributed by atoms with Crippen molar-refractivity contribution < 1.29 is 9.18 Å². The van der Waals surface area contributed by atoms with Gasteiger partial charge in [0.1, 0.15) is 5.82 Å². The van der Waals surface area contributed by atoms with Crippen molar-refractivity contribution in [3.63, 3.8) is 0 Å². The van der Waals surface area contributed by atoms with Crippen molar-refractivity contribution in [3.05, 3.63) is 70.8 Å². The molecule has 0 unspecified atom stereocenters. The number of amides is 1. The van der Waals surface area contributed by atoms with Gasteiger partial charge in [-0.3, -0.25) is 4.79 Å². The lowest BCUT2D eigenvalue weighted by molar-refractivity contribution is -0.115. The van der Waals surface area contributed by atoms with E-state index in [0.29, 0.717) is 17.4 Å². The molecule has 0 aliphatic heterocycles. The second-order valence-electron chi connectivity index (χ2n) is 6.64. The van der Waals surface area contributed by atoms with E-state index in [2.05, 4.69) is 15.5 Å². The largest absolute Gasteiger partial charge is 0.336 e. The molecule has 3 rings (SSSR count). The van der Waals surface area contributed by atoms with Crippen molar-refractivity contribution in [3.8, 4) is 0 Å². The van der Waals surface area contributed by atoms with Gasteiger partial charge < -0.3 is 11.2 Å². The average Bonchev–Trinajstić information content (AvgIpc) is 3.00. The van der Waals surface area contributed by atoms with E-state index in [1.165, 1.54) is 28.6 Å². The number of hydrogen-bond acceptors (Lipinski definition) is 5. The van der Waals surface area contributed by atoms with Gasteiger partial charge in [-0.2, -0.15) is 0 Å². The number of nitrogen functional groups attached to an aromatic ring is 1. The van der Waals surface area contributed by atoms with Crippen LogP contribution in [0.15, 0.2) is 47.6 Å². The van der Waals surface area contributed by atoms with E-state index in [4.69, 9.17) is 5.84 Å². The predicted molar refractivity (Wildman–Crippen MR) is 109 cm³/mol. The molecule has 6 nitrogen and oxygen atoms in total. The number of nitrogens with two attached hydrogens (primary N) is 1. The molecule has 0 radical (unpaired) electrons. The van der Waals surface area contributed by atoms with Crippen LogP contribution in [0.25, 0.3) is 0 Å². The lowest BCUT2D eigenvalue weighted by Gasteiger charge is -2.13. The molecule has 0 aliphatic rings. The molecule has 0 fully saturated rings. The van der Waals surface area contributed by atoms with E-state index in [9.17, 15) is 9.18 Å². The number of aromatic nitrogens is 3. The van der Waals surface area contributed by atoms with Crippen molar-refractivity contribution in [1.82, 2.24) is 14.9 Å². The molecule has 28 heavy (non-hydrogen) atoms. The Morgan fingerprint density at radius 3 is 2.64 bits per heavy atom. The van der Waals surface area contributed by atoms with E-state index in [1.807, 2.05) is 32.0 Å². The number of thioether (sulfide) groups is 1. The minimum atomic E-state index is -0.412. The summed E-state index contributed by atoms with van der Waals surface area (Å²) < 4.78 is 14.4. The molecule has 2 aromatic carbocycles. The summed E-state index contributed by atoms with van der Waals surface area (Å²) in [6.07, 6.45) is 0.424. The molecule has 1 heterocycles. The summed E-state index contributed by atoms with van der Waals surface area (Å²) in [4.78, 5) is 12.6. The molecular formula is C20H22FN5OS. The Morgan fingerprint density at radius 2 is 1.93 bits per heavy atom. The Bertz CT molecular complexity index is 987. The van der Waals surface area contributed by atoms with Gasteiger partial charge in [-0.15, -0.1) is 10.2 Å². The van der Waals surface area contributed by atoms with Crippen molar-refractivity contribution in [2.75, 3.05) is 11.2 Å². The van der Waals surface area contributed by atoms with Crippen molar-refractivity contribution in [2.24, 2.45) is 0 Å². The summed E-state index contributed by atoms with van der Waals surface area (Å²) in [6, 6.07) is 12.1. The Hall–Kier alpha value is -2.87. The van der Waals surface area contributed by atoms with E-state index in [1.54, 1.807) is 19.1 Å². The van der Waals surface area contributed by atoms with Crippen LogP contribution in [-0.2, 0) is 11.2 Å². The van der Waals surface area contributed by atoms with Crippen LogP contribution >= 0.6 is 11.8 Å². The second-order valence-corrected chi connectivity index (χ2v) is 7.95. The fourth-order valence-corrected chi connectivity index (χ4v) is 3.40. The van der Waals surface area contributed by atoms with Crippen LogP contribution < -0.4 is 11.2 Å². The molecular weight excluding hydrogens is 377 g/mol. The molecule has 0 spiro atoms. The zero-order chi connectivity index (χ0) is 20.3. The first-order valence-corrected chi connectivity index (χ1v) is 9.70. The third-order valence-electron chi connectivity index (χ3n) is 4.31. The summed E-state index contributed by atoms with van der Waals surface area (Å²) in [5.74, 6) is 6.20. The predicted octanol–water partition coefficient (Wildman–Crippen LogP) is 3.46. The first kappa shape index (κ1) is 19.9. The van der Waals surface area contributed by atoms with Crippen LogP contribution in [0.3, 0.4) is 0 Å². The number of carbonyl (C=O) groups is 1. The zero-order valence-corrected chi connectivity index (χ0v) is 16.8. The Labute approximate surface area is 167 Å². The molecule has 0 bridgehead atoms. The van der Waals surface area contributed by atoms with E-state index < -0.39 is 5.25 Å². The first-order chi connectivity index (χ1) is 13.3. The number of benzene rings is 2. The third kappa shape index (κ3) is 4.69. The van der Waals surface area contributed by atoms with Crippen LogP contribution in [0.2, 0.25) is 0 Å². The van der Waals surface area contributed by atoms with Crippen molar-refractivity contribution in [2.45, 2.75) is 37.6 Å². The molecule has 1 aromatic heterocycles. The van der Waals surface area contributed by atoms with Crippen LogP contribution in [0.4, 0.5) is 10.1 Å². The van der Waals surface area contributed by atoms with E-state index in [-0.39, 0.29) is 11.7 Å². The molecule has 0 aliphatic carbocycles. The summed E-state index contributed by atoms with van der Waals surface area (Å²) in [5.41, 5.74) is 3.74. The maximum atomic E-state index is 13.0. The average molecular weight is 399 g/mol. The van der Waals surface area contributed by atoms with E-state index >= 15 is 0 Å². The van der Waals surface area contributed by atoms with Crippen LogP contribution in [0.1, 0.15) is 29.4 Å². The summed E-state index contributed by atoms with van der Waals surface area (Å²) in [7, 11) is 0. The third-order valence-corrected chi connectivity index (χ3v) is 5.37. The van der Waals surface area contributed by atoms with Crippen LogP contribution in [-0.4, -0.2) is 26.0 Å². The lowest BCUT2D eigenvalue weighted by atomic mass is 10.1. The number of anilines is 1. The summed E-state index contributed by atoms with van der Waals surface area (Å²) in [5, 5.41) is 11.2. The molecule has 1 atom stereocenters. The van der Waals surface area contributed by atoms with Gasteiger partial charge in [-0.05, 0) is 55.7 Å². The standard InChI is InChI=1S/C20H22FN5OS/c1-12-4-5-13(2)17(10-12)23-19(27)14(3)28-20-25-24-18(26(20)22)11-15-6-8-16(21)9-7-15/h4-10,14H,11,22H2,1-3H3,(H,23,27)/t14-/m1/s1. The normalized spacial score (nSPS) is 12.0. The summed E-state index contributed by atoms with van der Waals surface area (Å²) in [6.45, 7) is 5.72. The molecule has 8 heteroatoms. The lowest BCUT2D eigenvalue weighted by Crippen LogP contribution is -2.24. The Balaban J connectivity index is 1.66. The molecule has 0 saturated carbocycles. The maximum absolute atomic E-state index is 13.0. The highest BCUT2D eigenvalue weighted by Gasteiger charge is 2.20. The Kier molecular flexibility index (Phi) is 5.99. The van der Waals surface area contributed by atoms with Gasteiger partial charge in [-0.25, -0.2) is 9.07 Å². The number of carbonyl (C=O) groups excluding carboxylic acids is 1. The number of nitrogens with zero attached hydrogens (tertiary/aromatic N) is 3. The second kappa shape index (κ2) is 8.43. The monoisotopic (exact) mass is 399 g/mol. The zero-order valence-electron chi connectivity index (χ0n) is 15.9. The molecule has 1 amide bonds. The topological polar surface area (TPSA) is 85.8 Å². The van der Waals surface area contributed by atoms with E-state index in [0.717, 1.165) is 22.4 Å². The molecule has 3 N–H and O–H groups in total. The van der Waals surface area contributed by atoms with Gasteiger partial charge in [0.2, 0.25) is 11.1 Å². The van der Waals surface area contributed by atoms with Crippen molar-refractivity contribution in [1.29, 1.82) is 0 Å². The van der Waals surface area contributed by atoms with Gasteiger partial charge in [0.25, 0.3) is 0 Å². The Morgan fingerprint density at radius 1 is 1.21 bits per heavy atom. The highest BCUT2D eigenvalue weighted by atomic mass is 32.2. The summed E-state index contributed by atoms with van der Waals surface area (Å²) >= 11 is 1.23. The minimum absolute atomic E-state index is 0.137. The minimum Gasteiger partial charge on any atom is -0.336 e. The van der Waals surface area contributed by atoms with Gasteiger partial charge in [0.15, 0.2) is 5.82 Å². The van der Waals surface area contributed by atoms with Crippen LogP contribution in [0, 0.1) is 19.7 Å². The molecule has 3 aromatic rings. The molecule has 146 valence electrons. The SMILES string of the molecule is Cc1ccc(C)c(NC(=O)[C@@H](C)Sc2nnc(Cc3ccc(F)cc3)n2N)c1.